The van der Waals surface area contributed by atoms with E-state index in [1.165, 1.54) is 0 Å². The molecule has 0 bridgehead atoms. The maximum Gasteiger partial charge on any atom is -0.0140 e. The Labute approximate surface area is 85.2 Å². The minimum atomic E-state index is 1.16. The van der Waals surface area contributed by atoms with Gasteiger partial charge in [-0.05, 0) is 55.6 Å². The van der Waals surface area contributed by atoms with E-state index < -0.39 is 0 Å². The molecule has 0 aromatic carbocycles. The zero-order valence-electron chi connectivity index (χ0n) is 10.8. The van der Waals surface area contributed by atoms with Crippen molar-refractivity contribution in [3.63, 3.8) is 0 Å². The molecule has 0 atom stereocenters. The van der Waals surface area contributed by atoms with Crippen LogP contribution in [0.25, 0.3) is 0 Å². The van der Waals surface area contributed by atoms with Gasteiger partial charge >= 0.3 is 0 Å². The highest BCUT2D eigenvalue weighted by Crippen LogP contribution is 1.73. The zero-order valence-corrected chi connectivity index (χ0v) is 10.8. The third-order valence-corrected chi connectivity index (χ3v) is 0.471. The lowest BCUT2D eigenvalue weighted by Gasteiger charge is -1.90. The summed E-state index contributed by atoms with van der Waals surface area (Å²) in [7, 11) is 12.0. The Balaban J connectivity index is -0.000000117. The molecule has 0 radical (unpaired) electrons. The van der Waals surface area contributed by atoms with E-state index in [4.69, 9.17) is 0 Å². The zero-order chi connectivity index (χ0) is 11.3. The van der Waals surface area contributed by atoms with Gasteiger partial charge in [-0.1, -0.05) is 19.1 Å². The molecule has 0 spiro atoms. The van der Waals surface area contributed by atoms with Crippen LogP contribution >= 0.6 is 0 Å². The molecule has 0 aliphatic heterocycles. The van der Waals surface area contributed by atoms with Gasteiger partial charge in [0.25, 0.3) is 0 Å². The van der Waals surface area contributed by atoms with Crippen LogP contribution < -0.4 is 0 Å². The molecule has 0 aromatic rings. The van der Waals surface area contributed by atoms with E-state index in [1.807, 2.05) is 59.0 Å². The van der Waals surface area contributed by atoms with Gasteiger partial charge in [0.05, 0.1) is 0 Å². The van der Waals surface area contributed by atoms with Crippen LogP contribution in [0, 0.1) is 0 Å². The van der Waals surface area contributed by atoms with Crippen molar-refractivity contribution in [2.75, 3.05) is 42.3 Å². The van der Waals surface area contributed by atoms with Crippen molar-refractivity contribution in [1.82, 2.24) is 9.80 Å². The Morgan fingerprint density at radius 1 is 0.846 bits per heavy atom. The summed E-state index contributed by atoms with van der Waals surface area (Å²) in [6, 6.07) is 0. The van der Waals surface area contributed by atoms with Crippen LogP contribution in [0.3, 0.4) is 0 Å². The lowest BCUT2D eigenvalue weighted by Crippen LogP contribution is -1.99. The molecule has 0 heterocycles. The molecule has 0 aromatic heterocycles. The van der Waals surface area contributed by atoms with Crippen molar-refractivity contribution in [2.24, 2.45) is 0 Å². The van der Waals surface area contributed by atoms with Crippen molar-refractivity contribution in [3.05, 3.63) is 12.2 Å². The predicted molar refractivity (Wildman–Crippen MR) is 64.3 cm³/mol. The van der Waals surface area contributed by atoms with Gasteiger partial charge in [-0.2, -0.15) is 0 Å². The van der Waals surface area contributed by atoms with Gasteiger partial charge in [-0.15, -0.1) is 0 Å². The van der Waals surface area contributed by atoms with Gasteiger partial charge in [0.2, 0.25) is 0 Å². The molecule has 13 heavy (non-hydrogen) atoms. The number of hydrogen-bond donors (Lipinski definition) is 0. The van der Waals surface area contributed by atoms with Crippen molar-refractivity contribution >= 4 is 0 Å². The summed E-state index contributed by atoms with van der Waals surface area (Å²) in [5.74, 6) is 0. The molecular weight excluding hydrogens is 160 g/mol. The van der Waals surface area contributed by atoms with E-state index in [0.717, 1.165) is 6.42 Å². The maximum absolute atomic E-state index is 2.12. The third-order valence-electron chi connectivity index (χ3n) is 0.471. The summed E-state index contributed by atoms with van der Waals surface area (Å²) >= 11 is 0. The number of rotatable bonds is 1. The van der Waals surface area contributed by atoms with Crippen LogP contribution in [0.15, 0.2) is 12.2 Å². The summed E-state index contributed by atoms with van der Waals surface area (Å²) in [6.45, 7) is 4.16. The molecule has 0 N–H and O–H groups in total. The minimum Gasteiger partial charge on any atom is -0.312 e. The molecule has 82 valence electrons. The number of hydrogen-bond acceptors (Lipinski definition) is 2. The number of allylic oxidation sites excluding steroid dienone is 2. The highest BCUT2D eigenvalue weighted by atomic mass is 15.0. The van der Waals surface area contributed by atoms with Gasteiger partial charge < -0.3 is 9.80 Å². The van der Waals surface area contributed by atoms with E-state index in [2.05, 4.69) is 19.1 Å². The molecule has 0 unspecified atom stereocenters. The summed E-state index contributed by atoms with van der Waals surface area (Å²) in [5.41, 5.74) is 0. The second-order valence-electron chi connectivity index (χ2n) is 3.66. The van der Waals surface area contributed by atoms with Crippen molar-refractivity contribution in [2.45, 2.75) is 20.3 Å². The van der Waals surface area contributed by atoms with E-state index in [1.54, 1.807) is 0 Å². The monoisotopic (exact) mass is 188 g/mol. The first-order chi connectivity index (χ1) is 5.88. The topological polar surface area (TPSA) is 6.48 Å². The Bertz CT molecular complexity index is 74.6. The summed E-state index contributed by atoms with van der Waals surface area (Å²) in [5, 5.41) is 0. The van der Waals surface area contributed by atoms with Crippen LogP contribution in [0.5, 0.6) is 0 Å². The first kappa shape index (κ1) is 18.4. The second-order valence-corrected chi connectivity index (χ2v) is 3.66. The number of nitrogens with zero attached hydrogens (tertiary/aromatic N) is 2. The van der Waals surface area contributed by atoms with Crippen molar-refractivity contribution in [1.29, 1.82) is 0 Å². The molecular formula is C11H28N2. The first-order valence-corrected chi connectivity index (χ1v) is 4.71. The van der Waals surface area contributed by atoms with Gasteiger partial charge in [0, 0.05) is 0 Å². The predicted octanol–water partition coefficient (Wildman–Crippen LogP) is 2.33. The maximum atomic E-state index is 2.12. The smallest absolute Gasteiger partial charge is 0.0140 e. The normalized spacial score (nSPS) is 9.38. The fraction of sp³-hybridized carbons (Fsp3) is 0.818. The average Bonchev–Trinajstić information content (AvgIpc) is 1.86. The Morgan fingerprint density at radius 3 is 1.08 bits per heavy atom. The summed E-state index contributed by atoms with van der Waals surface area (Å²) in [4.78, 5) is 4.00. The molecule has 0 saturated carbocycles. The van der Waals surface area contributed by atoms with Crippen molar-refractivity contribution < 1.29 is 0 Å². The van der Waals surface area contributed by atoms with Crippen LogP contribution in [0.4, 0.5) is 0 Å². The van der Waals surface area contributed by atoms with Crippen LogP contribution in [-0.2, 0) is 0 Å². The highest BCUT2D eigenvalue weighted by Gasteiger charge is 1.58. The molecule has 0 fully saturated rings. The lowest BCUT2D eigenvalue weighted by molar-refractivity contribution is 0.505. The third kappa shape index (κ3) is 395. The molecule has 2 nitrogen and oxygen atoms in total. The fourth-order valence-corrected chi connectivity index (χ4v) is 0.236. The van der Waals surface area contributed by atoms with Crippen LogP contribution in [0.2, 0.25) is 0 Å². The summed E-state index contributed by atoms with van der Waals surface area (Å²) < 4.78 is 0. The molecule has 0 aliphatic carbocycles. The standard InChI is InChI=1S/C5H10.2C3H9N/c1-3-5-4-2;2*1-4(2)3/h3,5H,4H2,1-2H3;2*1-3H3. The highest BCUT2D eigenvalue weighted by molar-refractivity contribution is 4.73. The first-order valence-electron chi connectivity index (χ1n) is 4.71. The molecule has 2 heteroatoms. The Hall–Kier alpha value is -0.340. The van der Waals surface area contributed by atoms with Gasteiger partial charge in [-0.3, -0.25) is 0 Å². The lowest BCUT2D eigenvalue weighted by atomic mass is 10.4. The largest absolute Gasteiger partial charge is 0.312 e. The van der Waals surface area contributed by atoms with Gasteiger partial charge in [-0.25, -0.2) is 0 Å². The SMILES string of the molecule is CC=CCC.CN(C)C.CN(C)C. The van der Waals surface area contributed by atoms with Crippen LogP contribution in [-0.4, -0.2) is 52.1 Å². The molecule has 0 rings (SSSR count). The Kier molecular flexibility index (Phi) is 25.1. The molecule has 0 amide bonds. The fourth-order valence-electron chi connectivity index (χ4n) is 0.236. The summed E-state index contributed by atoms with van der Waals surface area (Å²) in [6.07, 6.45) is 5.34. The minimum absolute atomic E-state index is 1.16. The van der Waals surface area contributed by atoms with Gasteiger partial charge in [0.1, 0.15) is 0 Å². The van der Waals surface area contributed by atoms with Crippen LogP contribution in [0.1, 0.15) is 20.3 Å². The van der Waals surface area contributed by atoms with E-state index >= 15 is 0 Å². The second kappa shape index (κ2) is 17.7. The molecule has 0 saturated heterocycles. The van der Waals surface area contributed by atoms with Crippen molar-refractivity contribution in [3.8, 4) is 0 Å². The Morgan fingerprint density at radius 2 is 1.08 bits per heavy atom. The average molecular weight is 188 g/mol. The molecule has 0 aliphatic rings. The van der Waals surface area contributed by atoms with E-state index in [0.29, 0.717) is 0 Å². The quantitative estimate of drug-likeness (QED) is 0.583. The van der Waals surface area contributed by atoms with E-state index in [-0.39, 0.29) is 0 Å². The van der Waals surface area contributed by atoms with Gasteiger partial charge in [0.15, 0.2) is 0 Å². The van der Waals surface area contributed by atoms with E-state index in [9.17, 15) is 0 Å².